The fourth-order valence-corrected chi connectivity index (χ4v) is 2.11. The van der Waals surface area contributed by atoms with Crippen molar-refractivity contribution in [1.82, 2.24) is 0 Å². The summed E-state index contributed by atoms with van der Waals surface area (Å²) >= 11 is 0. The molecule has 2 unspecified atom stereocenters. The highest BCUT2D eigenvalue weighted by atomic mass is 16.4. The topological polar surface area (TPSA) is 57.5 Å². The number of carboxylic acids is 1. The third-order valence-corrected chi connectivity index (χ3v) is 3.23. The average Bonchev–Trinajstić information content (AvgIpc) is 2.93. The van der Waals surface area contributed by atoms with E-state index in [1.165, 1.54) is 0 Å². The van der Waals surface area contributed by atoms with Gasteiger partial charge in [-0.15, -0.1) is 0 Å². The smallest absolute Gasteiger partial charge is 0.312 e. The number of carbonyl (C=O) groups is 1. The van der Waals surface area contributed by atoms with Gasteiger partial charge in [-0.2, -0.15) is 0 Å². The van der Waals surface area contributed by atoms with Crippen LogP contribution < -0.4 is 0 Å². The van der Waals surface area contributed by atoms with Gasteiger partial charge in [-0.1, -0.05) is 29.8 Å². The van der Waals surface area contributed by atoms with Crippen molar-refractivity contribution in [2.24, 2.45) is 5.41 Å². The number of benzene rings is 1. The van der Waals surface area contributed by atoms with Gasteiger partial charge in [-0.25, -0.2) is 0 Å². The van der Waals surface area contributed by atoms with E-state index in [1.54, 1.807) is 0 Å². The summed E-state index contributed by atoms with van der Waals surface area (Å²) in [5.74, 6) is -0.920. The van der Waals surface area contributed by atoms with Gasteiger partial charge < -0.3 is 10.2 Å². The third kappa shape index (κ3) is 1.53. The van der Waals surface area contributed by atoms with E-state index in [9.17, 15) is 4.79 Å². The van der Waals surface area contributed by atoms with Crippen LogP contribution in [0, 0.1) is 12.3 Å². The lowest BCUT2D eigenvalue weighted by atomic mass is 9.99. The molecule has 3 nitrogen and oxygen atoms in total. The maximum atomic E-state index is 11.0. The molecule has 0 heterocycles. The molecule has 80 valence electrons. The predicted molar refractivity (Wildman–Crippen MR) is 55.7 cm³/mol. The van der Waals surface area contributed by atoms with Gasteiger partial charge in [0, 0.05) is 5.92 Å². The zero-order valence-electron chi connectivity index (χ0n) is 8.60. The maximum absolute atomic E-state index is 11.0. The molecule has 0 spiro atoms. The minimum atomic E-state index is -0.923. The highest BCUT2D eigenvalue weighted by molar-refractivity contribution is 5.80. The SMILES string of the molecule is Cc1cccc(C2CC2(CO)C(=O)O)c1. The number of aliphatic carboxylic acids is 1. The number of aryl methyl sites for hydroxylation is 1. The molecule has 2 N–H and O–H groups in total. The van der Waals surface area contributed by atoms with E-state index in [2.05, 4.69) is 0 Å². The molecule has 2 atom stereocenters. The molecule has 0 amide bonds. The lowest BCUT2D eigenvalue weighted by Gasteiger charge is -2.08. The quantitative estimate of drug-likeness (QED) is 0.788. The number of aliphatic hydroxyl groups is 1. The molecule has 2 rings (SSSR count). The Balaban J connectivity index is 2.26. The summed E-state index contributed by atoms with van der Waals surface area (Å²) in [6.07, 6.45) is 0.544. The molecule has 1 fully saturated rings. The molecule has 1 aromatic carbocycles. The molecular formula is C12H14O3. The number of rotatable bonds is 3. The molecule has 15 heavy (non-hydrogen) atoms. The first kappa shape index (κ1) is 10.2. The zero-order valence-corrected chi connectivity index (χ0v) is 8.60. The number of hydrogen-bond donors (Lipinski definition) is 2. The van der Waals surface area contributed by atoms with Crippen molar-refractivity contribution in [2.45, 2.75) is 19.3 Å². The fraction of sp³-hybridized carbons (Fsp3) is 0.417. The highest BCUT2D eigenvalue weighted by Crippen LogP contribution is 2.59. The van der Waals surface area contributed by atoms with Gasteiger partial charge >= 0.3 is 5.97 Å². The molecule has 0 bridgehead atoms. The van der Waals surface area contributed by atoms with E-state index in [0.29, 0.717) is 6.42 Å². The van der Waals surface area contributed by atoms with Gasteiger partial charge in [0.1, 0.15) is 0 Å². The molecular weight excluding hydrogens is 192 g/mol. The Morgan fingerprint density at radius 2 is 2.33 bits per heavy atom. The first-order valence-electron chi connectivity index (χ1n) is 5.01. The first-order valence-corrected chi connectivity index (χ1v) is 5.01. The van der Waals surface area contributed by atoms with E-state index < -0.39 is 11.4 Å². The van der Waals surface area contributed by atoms with E-state index in [4.69, 9.17) is 10.2 Å². The molecule has 1 aromatic rings. The van der Waals surface area contributed by atoms with Crippen LogP contribution in [-0.4, -0.2) is 22.8 Å². The third-order valence-electron chi connectivity index (χ3n) is 3.23. The van der Waals surface area contributed by atoms with Crippen LogP contribution in [0.4, 0.5) is 0 Å². The van der Waals surface area contributed by atoms with Crippen LogP contribution in [-0.2, 0) is 4.79 Å². The summed E-state index contributed by atoms with van der Waals surface area (Å²) in [6.45, 7) is 1.70. The Labute approximate surface area is 88.4 Å². The van der Waals surface area contributed by atoms with Gasteiger partial charge in [0.05, 0.1) is 12.0 Å². The molecule has 0 radical (unpaired) electrons. The summed E-state index contributed by atoms with van der Waals surface area (Å²) < 4.78 is 0. The van der Waals surface area contributed by atoms with E-state index in [-0.39, 0.29) is 12.5 Å². The molecule has 1 saturated carbocycles. The fourth-order valence-electron chi connectivity index (χ4n) is 2.11. The van der Waals surface area contributed by atoms with Crippen molar-refractivity contribution in [1.29, 1.82) is 0 Å². The molecule has 0 aromatic heterocycles. The Bertz CT molecular complexity index is 400. The van der Waals surface area contributed by atoms with Crippen molar-refractivity contribution < 1.29 is 15.0 Å². The van der Waals surface area contributed by atoms with Gasteiger partial charge in [-0.05, 0) is 18.9 Å². The summed E-state index contributed by atoms with van der Waals surface area (Å²) in [4.78, 5) is 11.0. The van der Waals surface area contributed by atoms with Crippen LogP contribution in [0.25, 0.3) is 0 Å². The van der Waals surface area contributed by atoms with Gasteiger partial charge in [0.15, 0.2) is 0 Å². The van der Waals surface area contributed by atoms with Crippen molar-refractivity contribution in [3.8, 4) is 0 Å². The van der Waals surface area contributed by atoms with E-state index >= 15 is 0 Å². The van der Waals surface area contributed by atoms with Crippen LogP contribution in [0.3, 0.4) is 0 Å². The summed E-state index contributed by atoms with van der Waals surface area (Å²) in [5, 5.41) is 18.2. The van der Waals surface area contributed by atoms with Crippen molar-refractivity contribution in [3.63, 3.8) is 0 Å². The van der Waals surface area contributed by atoms with Crippen LogP contribution in [0.15, 0.2) is 24.3 Å². The van der Waals surface area contributed by atoms with Gasteiger partial charge in [0.2, 0.25) is 0 Å². The molecule has 3 heteroatoms. The number of aliphatic hydroxyl groups excluding tert-OH is 1. The zero-order chi connectivity index (χ0) is 11.1. The molecule has 0 saturated heterocycles. The molecule has 0 aliphatic heterocycles. The standard InChI is InChI=1S/C12H14O3/c1-8-3-2-4-9(5-8)10-6-12(10,7-13)11(14)15/h2-5,10,13H,6-7H2,1H3,(H,14,15). The lowest BCUT2D eigenvalue weighted by Crippen LogP contribution is -2.21. The minimum Gasteiger partial charge on any atom is -0.481 e. The minimum absolute atomic E-state index is 0.0279. The average molecular weight is 206 g/mol. The van der Waals surface area contributed by atoms with Crippen molar-refractivity contribution >= 4 is 5.97 Å². The molecule has 1 aliphatic carbocycles. The second-order valence-corrected chi connectivity index (χ2v) is 4.29. The normalized spacial score (nSPS) is 28.8. The highest BCUT2D eigenvalue weighted by Gasteiger charge is 2.60. The van der Waals surface area contributed by atoms with Crippen LogP contribution in [0.5, 0.6) is 0 Å². The van der Waals surface area contributed by atoms with Crippen molar-refractivity contribution in [3.05, 3.63) is 35.4 Å². The van der Waals surface area contributed by atoms with E-state index in [0.717, 1.165) is 11.1 Å². The Morgan fingerprint density at radius 1 is 1.60 bits per heavy atom. The maximum Gasteiger partial charge on any atom is 0.312 e. The number of hydrogen-bond acceptors (Lipinski definition) is 2. The van der Waals surface area contributed by atoms with E-state index in [1.807, 2.05) is 31.2 Å². The van der Waals surface area contributed by atoms with Crippen LogP contribution in [0.1, 0.15) is 23.5 Å². The van der Waals surface area contributed by atoms with Gasteiger partial charge in [-0.3, -0.25) is 4.79 Å². The summed E-state index contributed by atoms with van der Waals surface area (Å²) in [6, 6.07) is 7.82. The molecule has 1 aliphatic rings. The largest absolute Gasteiger partial charge is 0.481 e. The Morgan fingerprint density at radius 3 is 2.80 bits per heavy atom. The number of carboxylic acid groups (broad SMARTS) is 1. The Hall–Kier alpha value is -1.35. The lowest BCUT2D eigenvalue weighted by molar-refractivity contribution is -0.145. The predicted octanol–water partition coefficient (Wildman–Crippen LogP) is 1.55. The van der Waals surface area contributed by atoms with Gasteiger partial charge in [0.25, 0.3) is 0 Å². The monoisotopic (exact) mass is 206 g/mol. The summed E-state index contributed by atoms with van der Waals surface area (Å²) in [7, 11) is 0. The first-order chi connectivity index (χ1) is 7.10. The second-order valence-electron chi connectivity index (χ2n) is 4.29. The van der Waals surface area contributed by atoms with Crippen molar-refractivity contribution in [2.75, 3.05) is 6.61 Å². The summed E-state index contributed by atoms with van der Waals surface area (Å²) in [5.41, 5.74) is 1.22. The second kappa shape index (κ2) is 3.35. The van der Waals surface area contributed by atoms with Crippen LogP contribution in [0.2, 0.25) is 0 Å². The van der Waals surface area contributed by atoms with Crippen LogP contribution >= 0.6 is 0 Å². The Kier molecular flexibility index (Phi) is 2.27.